The minimum absolute atomic E-state index is 0.133. The Morgan fingerprint density at radius 3 is 2.38 bits per heavy atom. The second kappa shape index (κ2) is 10.7. The van der Waals surface area contributed by atoms with Crippen molar-refractivity contribution < 1.29 is 13.9 Å². The van der Waals surface area contributed by atoms with E-state index in [0.29, 0.717) is 19.0 Å². The molecule has 9 heteroatoms. The Bertz CT molecular complexity index is 1550. The summed E-state index contributed by atoms with van der Waals surface area (Å²) in [6.07, 6.45) is 5.52. The molecule has 0 saturated heterocycles. The van der Waals surface area contributed by atoms with Crippen molar-refractivity contribution in [3.63, 3.8) is 0 Å². The van der Waals surface area contributed by atoms with Crippen LogP contribution in [-0.2, 0) is 17.6 Å². The largest absolute Gasteiger partial charge is 0.497 e. The van der Waals surface area contributed by atoms with E-state index in [-0.39, 0.29) is 5.04 Å². The van der Waals surface area contributed by atoms with E-state index < -0.39 is 8.32 Å². The van der Waals surface area contributed by atoms with Crippen LogP contribution in [0, 0.1) is 0 Å². The lowest BCUT2D eigenvalue weighted by Gasteiger charge is -2.36. The Hall–Kier alpha value is -3.95. The second-order valence-electron chi connectivity index (χ2n) is 11.1. The van der Waals surface area contributed by atoms with Crippen molar-refractivity contribution in [1.82, 2.24) is 24.5 Å². The number of ether oxygens (including phenoxy) is 2. The lowest BCUT2D eigenvalue weighted by molar-refractivity contribution is 0.272. The summed E-state index contributed by atoms with van der Waals surface area (Å²) in [5.41, 5.74) is 3.68. The molecule has 0 bridgehead atoms. The molecule has 3 aromatic heterocycles. The van der Waals surface area contributed by atoms with Gasteiger partial charge in [0.2, 0.25) is 0 Å². The average molecular weight is 542 g/mol. The third-order valence-corrected chi connectivity index (χ3v) is 11.8. The minimum Gasteiger partial charge on any atom is -0.497 e. The number of nitrogens with zero attached hydrogens (tertiary/aromatic N) is 5. The second-order valence-corrected chi connectivity index (χ2v) is 15.9. The highest BCUT2D eigenvalue weighted by Crippen LogP contribution is 2.37. The van der Waals surface area contributed by atoms with Crippen molar-refractivity contribution in [2.75, 3.05) is 7.11 Å². The van der Waals surface area contributed by atoms with Crippen molar-refractivity contribution in [2.24, 2.45) is 0 Å². The van der Waals surface area contributed by atoms with Gasteiger partial charge in [-0.1, -0.05) is 39.0 Å². The monoisotopic (exact) mass is 541 g/mol. The summed E-state index contributed by atoms with van der Waals surface area (Å²) in [4.78, 5) is 4.91. The molecule has 0 amide bonds. The Kier molecular flexibility index (Phi) is 7.29. The molecular formula is C30H35N5O3Si. The Morgan fingerprint density at radius 1 is 0.897 bits per heavy atom. The smallest absolute Gasteiger partial charge is 0.192 e. The molecule has 0 N–H and O–H groups in total. The van der Waals surface area contributed by atoms with Gasteiger partial charge in [-0.25, -0.2) is 14.3 Å². The van der Waals surface area contributed by atoms with E-state index in [2.05, 4.69) is 39.0 Å². The Labute approximate surface area is 230 Å². The molecule has 0 spiro atoms. The average Bonchev–Trinajstić information content (AvgIpc) is 3.61. The predicted molar refractivity (Wildman–Crippen MR) is 155 cm³/mol. The number of fused-ring (bicyclic) bond motifs is 1. The van der Waals surface area contributed by atoms with Crippen LogP contribution in [0.5, 0.6) is 11.5 Å². The van der Waals surface area contributed by atoms with Crippen molar-refractivity contribution >= 4 is 19.2 Å². The molecule has 0 aliphatic rings. The van der Waals surface area contributed by atoms with E-state index in [1.54, 1.807) is 13.3 Å². The highest BCUT2D eigenvalue weighted by Gasteiger charge is 2.37. The van der Waals surface area contributed by atoms with Crippen LogP contribution in [0.3, 0.4) is 0 Å². The SMILES string of the molecule is COc1ccc(COc2cc(-n3cccn3)c3cnn(-c4cccc(CO[Si](C)(C)C(C)(C)C)n4)c3c2)cc1. The van der Waals surface area contributed by atoms with Gasteiger partial charge >= 0.3 is 0 Å². The van der Waals surface area contributed by atoms with Crippen LogP contribution >= 0.6 is 0 Å². The van der Waals surface area contributed by atoms with Gasteiger partial charge in [0.05, 0.1) is 36.8 Å². The van der Waals surface area contributed by atoms with E-state index in [9.17, 15) is 0 Å². The fourth-order valence-corrected chi connectivity index (χ4v) is 4.92. The molecule has 0 unspecified atom stereocenters. The van der Waals surface area contributed by atoms with Gasteiger partial charge in [-0.05, 0) is 54.0 Å². The lowest BCUT2D eigenvalue weighted by atomic mass is 10.2. The molecule has 39 heavy (non-hydrogen) atoms. The molecule has 0 radical (unpaired) electrons. The molecule has 0 saturated carbocycles. The quantitative estimate of drug-likeness (QED) is 0.193. The normalized spacial score (nSPS) is 12.2. The number of hydrogen-bond acceptors (Lipinski definition) is 6. The minimum atomic E-state index is -1.90. The van der Waals surface area contributed by atoms with Crippen LogP contribution in [0.4, 0.5) is 0 Å². The van der Waals surface area contributed by atoms with Crippen LogP contribution < -0.4 is 9.47 Å². The molecule has 5 aromatic rings. The maximum absolute atomic E-state index is 6.42. The van der Waals surface area contributed by atoms with E-state index in [0.717, 1.165) is 39.4 Å². The van der Waals surface area contributed by atoms with Crippen molar-refractivity contribution in [3.05, 3.63) is 90.5 Å². The Balaban J connectivity index is 1.48. The summed E-state index contributed by atoms with van der Waals surface area (Å²) in [5, 5.41) is 10.3. The van der Waals surface area contributed by atoms with E-state index in [1.807, 2.05) is 82.4 Å². The van der Waals surface area contributed by atoms with Crippen LogP contribution in [0.15, 0.2) is 79.3 Å². The Morgan fingerprint density at radius 2 is 1.69 bits per heavy atom. The summed E-state index contributed by atoms with van der Waals surface area (Å²) in [6, 6.07) is 19.7. The molecule has 0 atom stereocenters. The summed E-state index contributed by atoms with van der Waals surface area (Å²) in [6.45, 7) is 12.1. The van der Waals surface area contributed by atoms with Crippen molar-refractivity contribution in [3.8, 4) is 23.0 Å². The van der Waals surface area contributed by atoms with E-state index in [1.165, 1.54) is 0 Å². The topological polar surface area (TPSA) is 76.2 Å². The highest BCUT2D eigenvalue weighted by atomic mass is 28.4. The van der Waals surface area contributed by atoms with Gasteiger partial charge < -0.3 is 13.9 Å². The number of benzene rings is 2. The first-order chi connectivity index (χ1) is 18.6. The lowest BCUT2D eigenvalue weighted by Crippen LogP contribution is -2.40. The number of hydrogen-bond donors (Lipinski definition) is 0. The van der Waals surface area contributed by atoms with Gasteiger partial charge in [0.15, 0.2) is 14.1 Å². The van der Waals surface area contributed by atoms with Crippen LogP contribution in [0.25, 0.3) is 22.4 Å². The van der Waals surface area contributed by atoms with Gasteiger partial charge in [0, 0.05) is 29.9 Å². The maximum Gasteiger partial charge on any atom is 0.192 e. The highest BCUT2D eigenvalue weighted by molar-refractivity contribution is 6.74. The molecule has 0 aliphatic carbocycles. The zero-order chi connectivity index (χ0) is 27.6. The molecule has 0 fully saturated rings. The van der Waals surface area contributed by atoms with Crippen LogP contribution in [-0.4, -0.2) is 40.0 Å². The van der Waals surface area contributed by atoms with Crippen LogP contribution in [0.2, 0.25) is 18.1 Å². The van der Waals surface area contributed by atoms with Crippen molar-refractivity contribution in [2.45, 2.75) is 52.1 Å². The van der Waals surface area contributed by atoms with Gasteiger partial charge in [-0.3, -0.25) is 0 Å². The van der Waals surface area contributed by atoms with E-state index in [4.69, 9.17) is 24.0 Å². The molecule has 8 nitrogen and oxygen atoms in total. The fraction of sp³-hybridized carbons (Fsp3) is 0.300. The molecule has 3 heterocycles. The molecule has 202 valence electrons. The van der Waals surface area contributed by atoms with Gasteiger partial charge in [-0.15, -0.1) is 0 Å². The third kappa shape index (κ3) is 5.74. The summed E-state index contributed by atoms with van der Waals surface area (Å²) in [7, 11) is -0.240. The zero-order valence-electron chi connectivity index (χ0n) is 23.4. The fourth-order valence-electron chi connectivity index (χ4n) is 3.97. The standard InChI is InChI=1S/C30H35N5O3Si/c1-30(2,3)39(5,6)38-21-23-9-7-10-29(33-23)35-28-18-25(37-20-22-11-13-24(36-4)14-12-22)17-27(26(28)19-32-35)34-16-8-15-31-34/h7-19H,20-21H2,1-6H3. The van der Waals surface area contributed by atoms with Gasteiger partial charge in [0.25, 0.3) is 0 Å². The zero-order valence-corrected chi connectivity index (χ0v) is 24.4. The third-order valence-electron chi connectivity index (χ3n) is 7.35. The molecule has 0 aliphatic heterocycles. The molecule has 2 aromatic carbocycles. The summed E-state index contributed by atoms with van der Waals surface area (Å²) >= 11 is 0. The summed E-state index contributed by atoms with van der Waals surface area (Å²) in [5.74, 6) is 2.25. The number of aromatic nitrogens is 5. The number of rotatable bonds is 9. The van der Waals surface area contributed by atoms with Gasteiger partial charge in [-0.2, -0.15) is 10.2 Å². The first-order valence-corrected chi connectivity index (χ1v) is 15.9. The molecular weight excluding hydrogens is 506 g/mol. The maximum atomic E-state index is 6.42. The molecule has 5 rings (SSSR count). The van der Waals surface area contributed by atoms with Crippen molar-refractivity contribution in [1.29, 1.82) is 0 Å². The number of pyridine rings is 1. The first-order valence-electron chi connectivity index (χ1n) is 13.0. The summed E-state index contributed by atoms with van der Waals surface area (Å²) < 4.78 is 21.6. The van der Waals surface area contributed by atoms with Gasteiger partial charge in [0.1, 0.15) is 18.1 Å². The van der Waals surface area contributed by atoms with Crippen LogP contribution in [0.1, 0.15) is 32.0 Å². The first kappa shape index (κ1) is 26.6. The predicted octanol–water partition coefficient (Wildman–Crippen LogP) is 6.72. The van der Waals surface area contributed by atoms with E-state index >= 15 is 0 Å². The number of methoxy groups -OCH3 is 1.